The smallest absolute Gasteiger partial charge is 0.254 e. The Kier molecular flexibility index (Phi) is 8.22. The van der Waals surface area contributed by atoms with Crippen LogP contribution >= 0.6 is 28.3 Å². The molecular formula is C13H19BrClFN2O. The van der Waals surface area contributed by atoms with Gasteiger partial charge in [0.15, 0.2) is 0 Å². The third-order valence-electron chi connectivity index (χ3n) is 2.55. The average Bonchev–Trinajstić information content (AvgIpc) is 2.30. The summed E-state index contributed by atoms with van der Waals surface area (Å²) in [7, 11) is 0. The van der Waals surface area contributed by atoms with Crippen molar-refractivity contribution in [1.82, 2.24) is 5.32 Å². The highest BCUT2D eigenvalue weighted by atomic mass is 79.9. The van der Waals surface area contributed by atoms with E-state index in [1.54, 1.807) is 6.07 Å². The molecule has 0 aliphatic rings. The van der Waals surface area contributed by atoms with Crippen molar-refractivity contribution < 1.29 is 9.18 Å². The number of rotatable bonds is 5. The topological polar surface area (TPSA) is 55.1 Å². The van der Waals surface area contributed by atoms with Crippen molar-refractivity contribution in [2.24, 2.45) is 11.7 Å². The molecule has 1 unspecified atom stereocenters. The van der Waals surface area contributed by atoms with E-state index in [2.05, 4.69) is 35.1 Å². The molecule has 0 aliphatic heterocycles. The number of carbonyl (C=O) groups excluding carboxylic acids is 1. The van der Waals surface area contributed by atoms with Gasteiger partial charge >= 0.3 is 0 Å². The molecular weight excluding hydrogens is 335 g/mol. The van der Waals surface area contributed by atoms with Gasteiger partial charge in [-0.2, -0.15) is 0 Å². The van der Waals surface area contributed by atoms with E-state index in [9.17, 15) is 9.18 Å². The van der Waals surface area contributed by atoms with E-state index in [1.165, 1.54) is 12.1 Å². The Morgan fingerprint density at radius 1 is 1.47 bits per heavy atom. The van der Waals surface area contributed by atoms with Crippen molar-refractivity contribution in [3.63, 3.8) is 0 Å². The summed E-state index contributed by atoms with van der Waals surface area (Å²) in [5, 5.41) is 2.76. The highest BCUT2D eigenvalue weighted by molar-refractivity contribution is 9.10. The van der Waals surface area contributed by atoms with Crippen LogP contribution < -0.4 is 11.1 Å². The van der Waals surface area contributed by atoms with E-state index < -0.39 is 11.7 Å². The number of halogens is 3. The second-order valence-corrected chi connectivity index (χ2v) is 5.58. The van der Waals surface area contributed by atoms with Crippen LogP contribution in [0.15, 0.2) is 22.7 Å². The molecule has 3 nitrogen and oxygen atoms in total. The highest BCUT2D eigenvalue weighted by Crippen LogP contribution is 2.16. The van der Waals surface area contributed by atoms with Gasteiger partial charge in [-0.25, -0.2) is 4.39 Å². The Morgan fingerprint density at radius 3 is 2.63 bits per heavy atom. The predicted octanol–water partition coefficient (Wildman–Crippen LogP) is 3.11. The minimum Gasteiger partial charge on any atom is -0.348 e. The van der Waals surface area contributed by atoms with Crippen molar-refractivity contribution in [1.29, 1.82) is 0 Å². The molecule has 1 amide bonds. The summed E-state index contributed by atoms with van der Waals surface area (Å²) in [6.07, 6.45) is 0.776. The maximum absolute atomic E-state index is 13.5. The maximum atomic E-state index is 13.5. The third kappa shape index (κ3) is 5.89. The van der Waals surface area contributed by atoms with E-state index >= 15 is 0 Å². The molecule has 0 aromatic heterocycles. The van der Waals surface area contributed by atoms with Gasteiger partial charge in [0.05, 0.1) is 5.56 Å². The average molecular weight is 354 g/mol. The zero-order chi connectivity index (χ0) is 13.7. The molecule has 1 aromatic carbocycles. The van der Waals surface area contributed by atoms with Crippen LogP contribution in [0.3, 0.4) is 0 Å². The lowest BCUT2D eigenvalue weighted by atomic mass is 10.0. The standard InChI is InChI=1S/C13H18BrFN2O.ClH/c1-8(2)5-10(7-16)17-13(18)11-6-9(14)3-4-12(11)15;/h3-4,6,8,10H,5,7,16H2,1-2H3,(H,17,18);1H. The van der Waals surface area contributed by atoms with Gasteiger partial charge in [0.25, 0.3) is 5.91 Å². The van der Waals surface area contributed by atoms with Gasteiger partial charge in [0, 0.05) is 17.1 Å². The van der Waals surface area contributed by atoms with Crippen LogP contribution in [0, 0.1) is 11.7 Å². The minimum atomic E-state index is -0.531. The van der Waals surface area contributed by atoms with Crippen molar-refractivity contribution in [3.05, 3.63) is 34.1 Å². The van der Waals surface area contributed by atoms with Gasteiger partial charge in [-0.1, -0.05) is 29.8 Å². The van der Waals surface area contributed by atoms with E-state index in [1.807, 2.05) is 0 Å². The second-order valence-electron chi connectivity index (χ2n) is 4.66. The van der Waals surface area contributed by atoms with E-state index in [4.69, 9.17) is 5.73 Å². The Labute approximate surface area is 127 Å². The molecule has 0 radical (unpaired) electrons. The molecule has 6 heteroatoms. The molecule has 0 heterocycles. The fourth-order valence-electron chi connectivity index (χ4n) is 1.72. The SMILES string of the molecule is CC(C)CC(CN)NC(=O)c1cc(Br)ccc1F.Cl. The Balaban J connectivity index is 0.00000324. The molecule has 19 heavy (non-hydrogen) atoms. The first-order chi connectivity index (χ1) is 8.43. The molecule has 1 rings (SSSR count). The molecule has 0 fully saturated rings. The number of carbonyl (C=O) groups is 1. The third-order valence-corrected chi connectivity index (χ3v) is 3.04. The number of nitrogens with one attached hydrogen (secondary N) is 1. The van der Waals surface area contributed by atoms with E-state index in [0.29, 0.717) is 16.9 Å². The van der Waals surface area contributed by atoms with Crippen molar-refractivity contribution in [2.75, 3.05) is 6.54 Å². The van der Waals surface area contributed by atoms with Crippen LogP contribution in [0.4, 0.5) is 4.39 Å². The maximum Gasteiger partial charge on any atom is 0.254 e. The van der Waals surface area contributed by atoms with Gasteiger partial charge in [0.1, 0.15) is 5.82 Å². The number of benzene rings is 1. The quantitative estimate of drug-likeness (QED) is 0.854. The van der Waals surface area contributed by atoms with E-state index in [0.717, 1.165) is 6.42 Å². The molecule has 1 aromatic rings. The number of hydrogen-bond donors (Lipinski definition) is 2. The molecule has 0 bridgehead atoms. The highest BCUT2D eigenvalue weighted by Gasteiger charge is 2.16. The molecule has 1 atom stereocenters. The summed E-state index contributed by atoms with van der Waals surface area (Å²) >= 11 is 3.22. The van der Waals surface area contributed by atoms with Crippen LogP contribution in [0.5, 0.6) is 0 Å². The minimum absolute atomic E-state index is 0. The van der Waals surface area contributed by atoms with Gasteiger partial charge in [0.2, 0.25) is 0 Å². The van der Waals surface area contributed by atoms with Gasteiger partial charge in [-0.05, 0) is 30.5 Å². The van der Waals surface area contributed by atoms with Crippen LogP contribution in [-0.2, 0) is 0 Å². The van der Waals surface area contributed by atoms with Crippen molar-refractivity contribution in [3.8, 4) is 0 Å². The first kappa shape index (κ1) is 18.4. The van der Waals surface area contributed by atoms with Crippen LogP contribution in [-0.4, -0.2) is 18.5 Å². The molecule has 0 saturated carbocycles. The molecule has 3 N–H and O–H groups in total. The lowest BCUT2D eigenvalue weighted by Crippen LogP contribution is -2.41. The molecule has 0 aliphatic carbocycles. The summed E-state index contributed by atoms with van der Waals surface area (Å²) in [5.41, 5.74) is 5.63. The fraction of sp³-hybridized carbons (Fsp3) is 0.462. The summed E-state index contributed by atoms with van der Waals surface area (Å²) in [5.74, 6) is -0.535. The van der Waals surface area contributed by atoms with Gasteiger partial charge in [-0.15, -0.1) is 12.4 Å². The summed E-state index contributed by atoms with van der Waals surface area (Å²) in [6, 6.07) is 4.16. The zero-order valence-corrected chi connectivity index (χ0v) is 13.4. The first-order valence-corrected chi connectivity index (χ1v) is 6.69. The van der Waals surface area contributed by atoms with Gasteiger partial charge in [-0.3, -0.25) is 4.79 Å². The van der Waals surface area contributed by atoms with Crippen molar-refractivity contribution in [2.45, 2.75) is 26.3 Å². The van der Waals surface area contributed by atoms with Crippen molar-refractivity contribution >= 4 is 34.2 Å². The summed E-state index contributed by atoms with van der Waals surface area (Å²) < 4.78 is 14.2. The van der Waals surface area contributed by atoms with E-state index in [-0.39, 0.29) is 24.0 Å². The largest absolute Gasteiger partial charge is 0.348 e. The summed E-state index contributed by atoms with van der Waals surface area (Å²) in [6.45, 7) is 4.45. The first-order valence-electron chi connectivity index (χ1n) is 5.90. The van der Waals surface area contributed by atoms with Crippen LogP contribution in [0.25, 0.3) is 0 Å². The van der Waals surface area contributed by atoms with Crippen LogP contribution in [0.1, 0.15) is 30.6 Å². The Morgan fingerprint density at radius 2 is 2.11 bits per heavy atom. The summed E-state index contributed by atoms with van der Waals surface area (Å²) in [4.78, 5) is 11.9. The van der Waals surface area contributed by atoms with Crippen LogP contribution in [0.2, 0.25) is 0 Å². The lowest BCUT2D eigenvalue weighted by Gasteiger charge is -2.19. The predicted molar refractivity (Wildman–Crippen MR) is 81.1 cm³/mol. The monoisotopic (exact) mass is 352 g/mol. The fourth-order valence-corrected chi connectivity index (χ4v) is 2.08. The number of amides is 1. The zero-order valence-electron chi connectivity index (χ0n) is 11.0. The Hall–Kier alpha value is -0.650. The van der Waals surface area contributed by atoms with Gasteiger partial charge < -0.3 is 11.1 Å². The molecule has 0 saturated heterocycles. The number of nitrogens with two attached hydrogens (primary N) is 1. The second kappa shape index (κ2) is 8.51. The normalized spacial score (nSPS) is 11.9. The Bertz CT molecular complexity index is 429. The number of hydrogen-bond acceptors (Lipinski definition) is 2. The molecule has 0 spiro atoms. The lowest BCUT2D eigenvalue weighted by molar-refractivity contribution is 0.0929. The molecule has 108 valence electrons.